The van der Waals surface area contributed by atoms with Crippen LogP contribution in [0.2, 0.25) is 0 Å². The molecular weight excluding hydrogens is 264 g/mol. The predicted octanol–water partition coefficient (Wildman–Crippen LogP) is 2.24. The lowest BCUT2D eigenvalue weighted by Crippen LogP contribution is -2.22. The molecule has 1 heterocycles. The zero-order valence-corrected chi connectivity index (χ0v) is 13.0. The van der Waals surface area contributed by atoms with E-state index in [0.717, 1.165) is 12.1 Å². The highest BCUT2D eigenvalue weighted by atomic mass is 16.2. The van der Waals surface area contributed by atoms with Gasteiger partial charge in [0, 0.05) is 26.3 Å². The summed E-state index contributed by atoms with van der Waals surface area (Å²) in [6, 6.07) is 10.3. The Hall–Kier alpha value is -2.14. The molecule has 1 amide bonds. The summed E-state index contributed by atoms with van der Waals surface area (Å²) < 4.78 is 1.74. The van der Waals surface area contributed by atoms with E-state index in [1.807, 2.05) is 25.4 Å². The maximum Gasteiger partial charge on any atom is 0.273 e. The minimum atomic E-state index is -0.0911. The van der Waals surface area contributed by atoms with Crippen molar-refractivity contribution in [3.05, 3.63) is 47.8 Å². The van der Waals surface area contributed by atoms with E-state index in [1.165, 1.54) is 10.5 Å². The fourth-order valence-corrected chi connectivity index (χ4v) is 2.30. The summed E-state index contributed by atoms with van der Waals surface area (Å²) in [7, 11) is 5.41. The summed E-state index contributed by atoms with van der Waals surface area (Å²) in [5.74, 6) is -0.0911. The first-order chi connectivity index (χ1) is 10.1. The molecule has 21 heavy (non-hydrogen) atoms. The van der Waals surface area contributed by atoms with Crippen molar-refractivity contribution < 1.29 is 4.79 Å². The van der Waals surface area contributed by atoms with Crippen molar-refractivity contribution in [2.75, 3.05) is 21.1 Å². The molecule has 2 rings (SSSR count). The molecule has 0 saturated heterocycles. The summed E-state index contributed by atoms with van der Waals surface area (Å²) in [6.45, 7) is 2.15. The number of benzene rings is 1. The van der Waals surface area contributed by atoms with E-state index < -0.39 is 0 Å². The molecule has 0 aliphatic rings. The Morgan fingerprint density at radius 1 is 1.38 bits per heavy atom. The van der Waals surface area contributed by atoms with Gasteiger partial charge in [-0.3, -0.25) is 4.79 Å². The van der Waals surface area contributed by atoms with Gasteiger partial charge in [0.1, 0.15) is 0 Å². The van der Waals surface area contributed by atoms with E-state index in [2.05, 4.69) is 29.5 Å². The second kappa shape index (κ2) is 6.54. The minimum Gasteiger partial charge on any atom is -0.343 e. The molecule has 0 saturated carbocycles. The van der Waals surface area contributed by atoms with E-state index in [9.17, 15) is 4.79 Å². The lowest BCUT2D eigenvalue weighted by molar-refractivity contribution is 0.0821. The van der Waals surface area contributed by atoms with E-state index in [4.69, 9.17) is 0 Å². The number of carbonyl (C=O) groups excluding carboxylic acids is 1. The second-order valence-corrected chi connectivity index (χ2v) is 5.19. The number of nitrogens with zero attached hydrogens (tertiary/aromatic N) is 3. The summed E-state index contributed by atoms with van der Waals surface area (Å²) >= 11 is 0. The van der Waals surface area contributed by atoms with Gasteiger partial charge >= 0.3 is 0 Å². The van der Waals surface area contributed by atoms with Gasteiger partial charge in [0.15, 0.2) is 5.69 Å². The molecule has 0 fully saturated rings. The van der Waals surface area contributed by atoms with Gasteiger partial charge in [-0.15, -0.1) is 0 Å². The molecule has 1 atom stereocenters. The molecule has 0 aliphatic carbocycles. The predicted molar refractivity (Wildman–Crippen MR) is 83.7 cm³/mol. The van der Waals surface area contributed by atoms with Crippen LogP contribution in [-0.2, 0) is 0 Å². The Labute approximate surface area is 125 Å². The van der Waals surface area contributed by atoms with Gasteiger partial charge in [0.25, 0.3) is 5.91 Å². The van der Waals surface area contributed by atoms with Crippen molar-refractivity contribution in [2.24, 2.45) is 0 Å². The second-order valence-electron chi connectivity index (χ2n) is 5.19. The molecule has 0 radical (unpaired) electrons. The number of hydrogen-bond acceptors (Lipinski definition) is 3. The van der Waals surface area contributed by atoms with Crippen molar-refractivity contribution in [2.45, 2.75) is 19.4 Å². The normalized spacial score (nSPS) is 12.2. The van der Waals surface area contributed by atoms with E-state index in [-0.39, 0.29) is 5.91 Å². The molecule has 1 aromatic heterocycles. The molecule has 1 unspecified atom stereocenters. The molecule has 2 aromatic rings. The van der Waals surface area contributed by atoms with Crippen LogP contribution in [0.3, 0.4) is 0 Å². The SMILES string of the molecule is CCC(NC)c1cccc(-n2ccc(C(=O)N(C)C)n2)c1. The monoisotopic (exact) mass is 286 g/mol. The van der Waals surface area contributed by atoms with Gasteiger partial charge in [-0.2, -0.15) is 5.10 Å². The van der Waals surface area contributed by atoms with Crippen molar-refractivity contribution in [1.29, 1.82) is 0 Å². The van der Waals surface area contributed by atoms with Gasteiger partial charge in [-0.05, 0) is 37.2 Å². The third-order valence-corrected chi connectivity index (χ3v) is 3.51. The Morgan fingerprint density at radius 2 is 2.14 bits per heavy atom. The third-order valence-electron chi connectivity index (χ3n) is 3.51. The lowest BCUT2D eigenvalue weighted by atomic mass is 10.0. The quantitative estimate of drug-likeness (QED) is 0.917. The maximum atomic E-state index is 11.9. The van der Waals surface area contributed by atoms with Gasteiger partial charge in [0.2, 0.25) is 0 Å². The number of aromatic nitrogens is 2. The van der Waals surface area contributed by atoms with Crippen molar-refractivity contribution in [3.63, 3.8) is 0 Å². The average Bonchev–Trinajstić information content (AvgIpc) is 2.97. The Morgan fingerprint density at radius 3 is 2.76 bits per heavy atom. The number of amides is 1. The molecule has 0 bridgehead atoms. The standard InChI is InChI=1S/C16H22N4O/c1-5-14(17-2)12-7-6-8-13(11-12)20-10-9-15(18-20)16(21)19(3)4/h6-11,14,17H,5H2,1-4H3. The summed E-state index contributed by atoms with van der Waals surface area (Å²) in [5, 5.41) is 7.65. The van der Waals surface area contributed by atoms with Crippen LogP contribution in [0, 0.1) is 0 Å². The van der Waals surface area contributed by atoms with E-state index in [0.29, 0.717) is 11.7 Å². The Balaban J connectivity index is 2.30. The van der Waals surface area contributed by atoms with Crippen molar-refractivity contribution in [1.82, 2.24) is 20.0 Å². The molecule has 1 N–H and O–H groups in total. The maximum absolute atomic E-state index is 11.9. The fourth-order valence-electron chi connectivity index (χ4n) is 2.30. The molecular formula is C16H22N4O. The third kappa shape index (κ3) is 3.31. The zero-order valence-electron chi connectivity index (χ0n) is 13.0. The van der Waals surface area contributed by atoms with Crippen LogP contribution in [0.4, 0.5) is 0 Å². The van der Waals surface area contributed by atoms with Crippen molar-refractivity contribution >= 4 is 5.91 Å². The highest BCUT2D eigenvalue weighted by Gasteiger charge is 2.13. The van der Waals surface area contributed by atoms with Crippen LogP contribution in [-0.4, -0.2) is 41.7 Å². The smallest absolute Gasteiger partial charge is 0.273 e. The van der Waals surface area contributed by atoms with Gasteiger partial charge in [-0.1, -0.05) is 19.1 Å². The van der Waals surface area contributed by atoms with Crippen LogP contribution >= 0.6 is 0 Å². The topological polar surface area (TPSA) is 50.2 Å². The van der Waals surface area contributed by atoms with Crippen LogP contribution in [0.1, 0.15) is 35.4 Å². The first-order valence-corrected chi connectivity index (χ1v) is 7.11. The summed E-state index contributed by atoms with van der Waals surface area (Å²) in [5.41, 5.74) is 2.62. The van der Waals surface area contributed by atoms with Gasteiger partial charge in [-0.25, -0.2) is 4.68 Å². The van der Waals surface area contributed by atoms with Crippen LogP contribution in [0.5, 0.6) is 0 Å². The van der Waals surface area contributed by atoms with Crippen LogP contribution in [0.15, 0.2) is 36.5 Å². The number of rotatable bonds is 5. The number of carbonyl (C=O) groups is 1. The molecule has 0 spiro atoms. The van der Waals surface area contributed by atoms with Gasteiger partial charge < -0.3 is 10.2 Å². The molecule has 5 heteroatoms. The summed E-state index contributed by atoms with van der Waals surface area (Å²) in [4.78, 5) is 13.4. The molecule has 5 nitrogen and oxygen atoms in total. The van der Waals surface area contributed by atoms with E-state index >= 15 is 0 Å². The number of nitrogens with one attached hydrogen (secondary N) is 1. The minimum absolute atomic E-state index is 0.0911. The molecule has 0 aliphatic heterocycles. The van der Waals surface area contributed by atoms with Crippen LogP contribution < -0.4 is 5.32 Å². The first kappa shape index (κ1) is 15.3. The van der Waals surface area contributed by atoms with Crippen LogP contribution in [0.25, 0.3) is 5.69 Å². The highest BCUT2D eigenvalue weighted by Crippen LogP contribution is 2.19. The molecule has 1 aromatic carbocycles. The fraction of sp³-hybridized carbons (Fsp3) is 0.375. The first-order valence-electron chi connectivity index (χ1n) is 7.11. The highest BCUT2D eigenvalue weighted by molar-refractivity contribution is 5.91. The van der Waals surface area contributed by atoms with E-state index in [1.54, 1.807) is 24.8 Å². The van der Waals surface area contributed by atoms with Crippen molar-refractivity contribution in [3.8, 4) is 5.69 Å². The Kier molecular flexibility index (Phi) is 4.75. The van der Waals surface area contributed by atoms with Gasteiger partial charge in [0.05, 0.1) is 5.69 Å². The molecule has 112 valence electrons. The largest absolute Gasteiger partial charge is 0.343 e. The lowest BCUT2D eigenvalue weighted by Gasteiger charge is -2.15. The number of hydrogen-bond donors (Lipinski definition) is 1. The zero-order chi connectivity index (χ0) is 15.4. The average molecular weight is 286 g/mol. The summed E-state index contributed by atoms with van der Waals surface area (Å²) in [6.07, 6.45) is 2.83. The Bertz CT molecular complexity index is 614.